The fourth-order valence-electron chi connectivity index (χ4n) is 3.24. The monoisotopic (exact) mass is 453 g/mol. The summed E-state index contributed by atoms with van der Waals surface area (Å²) in [6.07, 6.45) is 2.16. The molecular formula is C19H21ClIN3. The molecule has 5 heteroatoms. The van der Waals surface area contributed by atoms with Crippen molar-refractivity contribution in [3.63, 3.8) is 0 Å². The van der Waals surface area contributed by atoms with Crippen molar-refractivity contribution in [3.05, 3.63) is 62.8 Å². The first-order valence-corrected chi connectivity index (χ1v) is 12.6. The number of nitrogens with one attached hydrogen (secondary N) is 2. The van der Waals surface area contributed by atoms with E-state index in [1.807, 2.05) is 7.05 Å². The molecule has 0 spiro atoms. The first kappa shape index (κ1) is 16.2. The zero-order chi connectivity index (χ0) is 16.5. The molecule has 2 aromatic carbocycles. The Morgan fingerprint density at radius 1 is 1.21 bits per heavy atom. The summed E-state index contributed by atoms with van der Waals surface area (Å²) < 4.78 is 3.96. The van der Waals surface area contributed by atoms with Crippen molar-refractivity contribution in [1.29, 1.82) is 0 Å². The van der Waals surface area contributed by atoms with Crippen molar-refractivity contribution < 1.29 is 0 Å². The SMILES string of the molecule is CNc1cccc(I2CCN(Cc3c[nH]c4ccccc34)C2)c1Cl. The number of hydrogen-bond acceptors (Lipinski definition) is 2. The maximum atomic E-state index is 6.61. The predicted octanol–water partition coefficient (Wildman–Crippen LogP) is 5.01. The molecule has 2 N–H and O–H groups in total. The number of fused-ring (bicyclic) bond motifs is 1. The van der Waals surface area contributed by atoms with Gasteiger partial charge in [-0.1, -0.05) is 0 Å². The Morgan fingerprint density at radius 3 is 2.96 bits per heavy atom. The van der Waals surface area contributed by atoms with Gasteiger partial charge in [-0.15, -0.1) is 0 Å². The van der Waals surface area contributed by atoms with Crippen LogP contribution in [0.25, 0.3) is 10.9 Å². The van der Waals surface area contributed by atoms with Crippen molar-refractivity contribution in [2.75, 3.05) is 27.9 Å². The van der Waals surface area contributed by atoms with Gasteiger partial charge in [0.15, 0.2) is 0 Å². The number of hydrogen-bond donors (Lipinski definition) is 2. The topological polar surface area (TPSA) is 31.1 Å². The molecule has 1 aromatic heterocycles. The minimum atomic E-state index is -1.21. The van der Waals surface area contributed by atoms with Gasteiger partial charge in [0.25, 0.3) is 0 Å². The number of para-hydroxylation sites is 1. The molecule has 0 saturated carbocycles. The summed E-state index contributed by atoms with van der Waals surface area (Å²) in [5.41, 5.74) is 3.69. The number of alkyl halides is 2. The molecule has 2 heterocycles. The first-order valence-electron chi connectivity index (χ1n) is 8.11. The molecule has 1 aliphatic heterocycles. The van der Waals surface area contributed by atoms with E-state index in [-0.39, 0.29) is 0 Å². The van der Waals surface area contributed by atoms with Crippen molar-refractivity contribution in [3.8, 4) is 0 Å². The number of halogens is 2. The third-order valence-electron chi connectivity index (χ3n) is 4.52. The summed E-state index contributed by atoms with van der Waals surface area (Å²) in [4.78, 5) is 5.99. The maximum absolute atomic E-state index is 6.61. The Bertz CT molecular complexity index is 861. The number of nitrogens with zero attached hydrogens (tertiary/aromatic N) is 1. The van der Waals surface area contributed by atoms with E-state index in [0.717, 1.165) is 17.3 Å². The summed E-state index contributed by atoms with van der Waals surface area (Å²) in [6.45, 7) is 2.21. The van der Waals surface area contributed by atoms with Gasteiger partial charge < -0.3 is 0 Å². The molecular weight excluding hydrogens is 433 g/mol. The average molecular weight is 454 g/mol. The number of aromatic nitrogens is 1. The van der Waals surface area contributed by atoms with Gasteiger partial charge in [0.05, 0.1) is 0 Å². The zero-order valence-electron chi connectivity index (χ0n) is 13.7. The molecule has 1 aliphatic rings. The van der Waals surface area contributed by atoms with Gasteiger partial charge in [-0.2, -0.15) is 0 Å². The van der Waals surface area contributed by atoms with Crippen LogP contribution in [0.15, 0.2) is 48.7 Å². The molecule has 0 bridgehead atoms. The van der Waals surface area contributed by atoms with Gasteiger partial charge in [-0.3, -0.25) is 0 Å². The first-order chi connectivity index (χ1) is 11.8. The van der Waals surface area contributed by atoms with Crippen molar-refractivity contribution in [1.82, 2.24) is 9.88 Å². The molecule has 0 atom stereocenters. The number of rotatable bonds is 4. The molecule has 3 nitrogen and oxygen atoms in total. The molecule has 0 unspecified atom stereocenters. The second kappa shape index (κ2) is 6.94. The van der Waals surface area contributed by atoms with E-state index in [4.69, 9.17) is 11.6 Å². The van der Waals surface area contributed by atoms with E-state index in [2.05, 4.69) is 63.9 Å². The van der Waals surface area contributed by atoms with Crippen LogP contribution in [0.4, 0.5) is 5.69 Å². The van der Waals surface area contributed by atoms with E-state index in [1.54, 1.807) is 0 Å². The fraction of sp³-hybridized carbons (Fsp3) is 0.263. The van der Waals surface area contributed by atoms with E-state index < -0.39 is 19.8 Å². The van der Waals surface area contributed by atoms with E-state index in [0.29, 0.717) is 0 Å². The van der Waals surface area contributed by atoms with Crippen molar-refractivity contribution >= 4 is 48.0 Å². The number of benzene rings is 2. The van der Waals surface area contributed by atoms with Crippen LogP contribution in [0, 0.1) is 3.57 Å². The van der Waals surface area contributed by atoms with Crippen LogP contribution in [-0.2, 0) is 6.54 Å². The normalized spacial score (nSPS) is 16.8. The summed E-state index contributed by atoms with van der Waals surface area (Å²) in [5.74, 6) is 0. The van der Waals surface area contributed by atoms with Gasteiger partial charge in [0, 0.05) is 0 Å². The van der Waals surface area contributed by atoms with Crippen LogP contribution in [-0.4, -0.2) is 32.5 Å². The van der Waals surface area contributed by atoms with Crippen LogP contribution in [0.5, 0.6) is 0 Å². The van der Waals surface area contributed by atoms with Crippen LogP contribution in [0.1, 0.15) is 5.56 Å². The molecule has 0 aliphatic carbocycles. The minimum absolute atomic E-state index is 0.944. The summed E-state index contributed by atoms with van der Waals surface area (Å²) in [6, 6.07) is 15.0. The van der Waals surface area contributed by atoms with Crippen molar-refractivity contribution in [2.24, 2.45) is 0 Å². The molecule has 0 radical (unpaired) electrons. The Kier molecular flexibility index (Phi) is 4.70. The molecule has 126 valence electrons. The molecule has 3 aromatic rings. The van der Waals surface area contributed by atoms with Gasteiger partial charge >= 0.3 is 155 Å². The second-order valence-corrected chi connectivity index (χ2v) is 11.9. The molecule has 0 amide bonds. The quantitative estimate of drug-likeness (QED) is 0.330. The van der Waals surface area contributed by atoms with Gasteiger partial charge in [-0.25, -0.2) is 0 Å². The standard InChI is InChI=1S/C19H21ClIN3/c1-22-18-8-4-6-16(19(18)20)21-9-10-24(13-21)12-14-11-23-17-7-3-2-5-15(14)17/h2-8,11,22-23H,9-10,12-13H2,1H3. The number of aromatic amines is 1. The third kappa shape index (κ3) is 3.03. The molecule has 4 rings (SSSR count). The van der Waals surface area contributed by atoms with Gasteiger partial charge in [-0.05, 0) is 0 Å². The summed E-state index contributed by atoms with van der Waals surface area (Å²) in [5, 5.41) is 5.49. The number of anilines is 1. The Labute approximate surface area is 154 Å². The van der Waals surface area contributed by atoms with Gasteiger partial charge in [0.2, 0.25) is 0 Å². The third-order valence-corrected chi connectivity index (χ3v) is 11.4. The Balaban J connectivity index is 1.51. The van der Waals surface area contributed by atoms with Crippen LogP contribution < -0.4 is 5.32 Å². The second-order valence-electron chi connectivity index (χ2n) is 6.03. The Hall–Kier alpha value is -1.24. The number of H-pyrrole nitrogens is 1. The van der Waals surface area contributed by atoms with Crippen LogP contribution >= 0.6 is 31.4 Å². The summed E-state index contributed by atoms with van der Waals surface area (Å²) >= 11 is 5.40. The average Bonchev–Trinajstić information content (AvgIpc) is 3.23. The van der Waals surface area contributed by atoms with Crippen LogP contribution in [0.2, 0.25) is 5.02 Å². The molecule has 1 saturated heterocycles. The van der Waals surface area contributed by atoms with E-state index in [1.165, 1.54) is 35.6 Å². The molecule has 1 fully saturated rings. The van der Waals surface area contributed by atoms with Crippen LogP contribution in [0.3, 0.4) is 0 Å². The predicted molar refractivity (Wildman–Crippen MR) is 112 cm³/mol. The zero-order valence-corrected chi connectivity index (χ0v) is 16.6. The fourth-order valence-corrected chi connectivity index (χ4v) is 10.1. The summed E-state index contributed by atoms with van der Waals surface area (Å²) in [7, 11) is 1.94. The molecule has 24 heavy (non-hydrogen) atoms. The van der Waals surface area contributed by atoms with Gasteiger partial charge in [0.1, 0.15) is 0 Å². The van der Waals surface area contributed by atoms with E-state index in [9.17, 15) is 0 Å². The Morgan fingerprint density at radius 2 is 2.08 bits per heavy atom. The van der Waals surface area contributed by atoms with Crippen molar-refractivity contribution in [2.45, 2.75) is 6.54 Å². The van der Waals surface area contributed by atoms with E-state index >= 15 is 0 Å².